The molecule has 0 amide bonds. The van der Waals surface area contributed by atoms with Gasteiger partial charge in [0.15, 0.2) is 0 Å². The highest BCUT2D eigenvalue weighted by Crippen LogP contribution is 1.99. The van der Waals surface area contributed by atoms with E-state index in [1.165, 1.54) is 0 Å². The van der Waals surface area contributed by atoms with Crippen molar-refractivity contribution in [2.75, 3.05) is 6.61 Å². The molecule has 0 heterocycles. The number of benzene rings is 1. The third kappa shape index (κ3) is 8.91. The Labute approximate surface area is 106 Å². The standard InChI is InChI=1S/C9H8O2.C5H8O2/c10-9(11)7-6-8-4-2-1-3-5-8;1-3-5(6)7-4-2/h1-7H,(H,10,11);3H,1,4H2,2H3/b7-6+;. The molecule has 0 unspecified atom stereocenters. The van der Waals surface area contributed by atoms with Gasteiger partial charge in [-0.15, -0.1) is 0 Å². The lowest BCUT2D eigenvalue weighted by atomic mass is 10.2. The Morgan fingerprint density at radius 2 is 1.94 bits per heavy atom. The molecule has 1 aromatic carbocycles. The maximum absolute atomic E-state index is 10.1. The predicted octanol–water partition coefficient (Wildman–Crippen LogP) is 2.52. The number of esters is 1. The SMILES string of the molecule is C=CC(=O)OCC.O=C(O)/C=C/c1ccccc1. The molecule has 0 bridgehead atoms. The molecule has 0 atom stereocenters. The van der Waals surface area contributed by atoms with Crippen molar-refractivity contribution in [3.05, 3.63) is 54.6 Å². The zero-order valence-electron chi connectivity index (χ0n) is 10.2. The summed E-state index contributed by atoms with van der Waals surface area (Å²) in [6.07, 6.45) is 3.82. The number of ether oxygens (including phenoxy) is 1. The van der Waals surface area contributed by atoms with E-state index < -0.39 is 5.97 Å². The van der Waals surface area contributed by atoms with E-state index in [2.05, 4.69) is 11.3 Å². The summed E-state index contributed by atoms with van der Waals surface area (Å²) >= 11 is 0. The molecule has 0 aromatic heterocycles. The van der Waals surface area contributed by atoms with E-state index in [4.69, 9.17) is 5.11 Å². The van der Waals surface area contributed by atoms with Gasteiger partial charge in [0.1, 0.15) is 0 Å². The molecular formula is C14H16O4. The predicted molar refractivity (Wildman–Crippen MR) is 69.9 cm³/mol. The molecule has 1 rings (SSSR count). The van der Waals surface area contributed by atoms with Gasteiger partial charge in [-0.1, -0.05) is 36.9 Å². The van der Waals surface area contributed by atoms with Crippen LogP contribution >= 0.6 is 0 Å². The second-order valence-electron chi connectivity index (χ2n) is 3.04. The number of hydrogen-bond acceptors (Lipinski definition) is 3. The summed E-state index contributed by atoms with van der Waals surface area (Å²) in [5.41, 5.74) is 0.898. The molecule has 0 radical (unpaired) electrons. The summed E-state index contributed by atoms with van der Waals surface area (Å²) in [6, 6.07) is 9.31. The topological polar surface area (TPSA) is 63.6 Å². The van der Waals surface area contributed by atoms with Gasteiger partial charge in [-0.2, -0.15) is 0 Å². The zero-order valence-corrected chi connectivity index (χ0v) is 10.2. The third-order valence-corrected chi connectivity index (χ3v) is 1.67. The minimum Gasteiger partial charge on any atom is -0.478 e. The van der Waals surface area contributed by atoms with Crippen molar-refractivity contribution in [3.63, 3.8) is 0 Å². The van der Waals surface area contributed by atoms with Crippen molar-refractivity contribution < 1.29 is 19.4 Å². The van der Waals surface area contributed by atoms with E-state index in [9.17, 15) is 9.59 Å². The van der Waals surface area contributed by atoms with E-state index in [1.54, 1.807) is 13.0 Å². The maximum atomic E-state index is 10.1. The van der Waals surface area contributed by atoms with Gasteiger partial charge < -0.3 is 9.84 Å². The molecule has 96 valence electrons. The van der Waals surface area contributed by atoms with Crippen LogP contribution in [-0.4, -0.2) is 23.7 Å². The molecule has 0 fully saturated rings. The Balaban J connectivity index is 0.000000360. The maximum Gasteiger partial charge on any atom is 0.330 e. The molecule has 1 aromatic rings. The van der Waals surface area contributed by atoms with Crippen LogP contribution in [0.2, 0.25) is 0 Å². The molecule has 0 aliphatic heterocycles. The summed E-state index contributed by atoms with van der Waals surface area (Å²) in [6.45, 7) is 5.38. The van der Waals surface area contributed by atoms with Crippen LogP contribution in [0, 0.1) is 0 Å². The van der Waals surface area contributed by atoms with Crippen molar-refractivity contribution in [2.45, 2.75) is 6.92 Å². The minimum atomic E-state index is -0.922. The fraction of sp³-hybridized carbons (Fsp3) is 0.143. The number of carbonyl (C=O) groups excluding carboxylic acids is 1. The monoisotopic (exact) mass is 248 g/mol. The third-order valence-electron chi connectivity index (χ3n) is 1.67. The Bertz CT molecular complexity index is 407. The Morgan fingerprint density at radius 1 is 1.33 bits per heavy atom. The Kier molecular flexibility index (Phi) is 8.55. The van der Waals surface area contributed by atoms with Crippen LogP contribution in [0.5, 0.6) is 0 Å². The van der Waals surface area contributed by atoms with Gasteiger partial charge >= 0.3 is 11.9 Å². The smallest absolute Gasteiger partial charge is 0.330 e. The molecule has 4 nitrogen and oxygen atoms in total. The highest BCUT2D eigenvalue weighted by Gasteiger charge is 1.87. The van der Waals surface area contributed by atoms with Crippen molar-refractivity contribution in [3.8, 4) is 0 Å². The van der Waals surface area contributed by atoms with Crippen LogP contribution in [0.1, 0.15) is 12.5 Å². The van der Waals surface area contributed by atoms with Crippen LogP contribution in [0.4, 0.5) is 0 Å². The molecule has 1 N–H and O–H groups in total. The van der Waals surface area contributed by atoms with E-state index in [0.717, 1.165) is 17.7 Å². The van der Waals surface area contributed by atoms with Crippen molar-refractivity contribution in [2.24, 2.45) is 0 Å². The molecule has 18 heavy (non-hydrogen) atoms. The van der Waals surface area contributed by atoms with E-state index in [0.29, 0.717) is 6.61 Å². The second kappa shape index (κ2) is 9.84. The van der Waals surface area contributed by atoms with Crippen LogP contribution in [0.25, 0.3) is 6.08 Å². The highest BCUT2D eigenvalue weighted by molar-refractivity contribution is 5.85. The molecule has 4 heteroatoms. The van der Waals surface area contributed by atoms with Crippen molar-refractivity contribution >= 4 is 18.0 Å². The first kappa shape index (κ1) is 15.6. The van der Waals surface area contributed by atoms with Gasteiger partial charge in [0, 0.05) is 12.2 Å². The van der Waals surface area contributed by atoms with Crippen LogP contribution < -0.4 is 0 Å². The van der Waals surface area contributed by atoms with Gasteiger partial charge in [-0.3, -0.25) is 0 Å². The van der Waals surface area contributed by atoms with Crippen LogP contribution in [-0.2, 0) is 14.3 Å². The summed E-state index contributed by atoms with van der Waals surface area (Å²) in [5.74, 6) is -1.28. The normalized spacial score (nSPS) is 9.17. The molecule has 0 aliphatic carbocycles. The minimum absolute atomic E-state index is 0.359. The first-order valence-electron chi connectivity index (χ1n) is 5.35. The number of aliphatic carboxylic acids is 1. The number of carboxylic acids is 1. The van der Waals surface area contributed by atoms with E-state index >= 15 is 0 Å². The van der Waals surface area contributed by atoms with Gasteiger partial charge in [-0.05, 0) is 18.6 Å². The number of hydrogen-bond donors (Lipinski definition) is 1. The highest BCUT2D eigenvalue weighted by atomic mass is 16.5. The number of carboxylic acid groups (broad SMARTS) is 1. The molecule has 0 saturated carbocycles. The van der Waals surface area contributed by atoms with E-state index in [1.807, 2.05) is 30.3 Å². The summed E-state index contributed by atoms with van der Waals surface area (Å²) in [7, 11) is 0. The quantitative estimate of drug-likeness (QED) is 0.657. The summed E-state index contributed by atoms with van der Waals surface area (Å²) < 4.78 is 4.43. The molecule has 0 aliphatic rings. The first-order valence-corrected chi connectivity index (χ1v) is 5.35. The zero-order chi connectivity index (χ0) is 13.8. The Morgan fingerprint density at radius 3 is 2.33 bits per heavy atom. The lowest BCUT2D eigenvalue weighted by Gasteiger charge is -1.90. The average molecular weight is 248 g/mol. The number of rotatable bonds is 4. The second-order valence-corrected chi connectivity index (χ2v) is 3.04. The fourth-order valence-corrected chi connectivity index (χ4v) is 0.933. The van der Waals surface area contributed by atoms with E-state index in [-0.39, 0.29) is 5.97 Å². The lowest BCUT2D eigenvalue weighted by molar-refractivity contribution is -0.137. The summed E-state index contributed by atoms with van der Waals surface area (Å²) in [5, 5.41) is 8.29. The first-order chi connectivity index (χ1) is 8.60. The average Bonchev–Trinajstić information content (AvgIpc) is 2.38. The van der Waals surface area contributed by atoms with Gasteiger partial charge in [0.05, 0.1) is 6.61 Å². The van der Waals surface area contributed by atoms with Crippen LogP contribution in [0.15, 0.2) is 49.1 Å². The number of carbonyl (C=O) groups is 2. The largest absolute Gasteiger partial charge is 0.478 e. The van der Waals surface area contributed by atoms with Gasteiger partial charge in [0.2, 0.25) is 0 Å². The van der Waals surface area contributed by atoms with Crippen LogP contribution in [0.3, 0.4) is 0 Å². The molecular weight excluding hydrogens is 232 g/mol. The van der Waals surface area contributed by atoms with Gasteiger partial charge in [-0.25, -0.2) is 9.59 Å². The fourth-order valence-electron chi connectivity index (χ4n) is 0.933. The van der Waals surface area contributed by atoms with Gasteiger partial charge in [0.25, 0.3) is 0 Å². The molecule has 0 saturated heterocycles. The summed E-state index contributed by atoms with van der Waals surface area (Å²) in [4.78, 5) is 20.2. The van der Waals surface area contributed by atoms with Crippen molar-refractivity contribution in [1.29, 1.82) is 0 Å². The van der Waals surface area contributed by atoms with Crippen molar-refractivity contribution in [1.82, 2.24) is 0 Å². The Hall–Kier alpha value is -2.36. The lowest BCUT2D eigenvalue weighted by Crippen LogP contribution is -1.97. The molecule has 0 spiro atoms.